The van der Waals surface area contributed by atoms with E-state index in [9.17, 15) is 18.8 Å². The summed E-state index contributed by atoms with van der Waals surface area (Å²) in [6.07, 6.45) is 0.188. The summed E-state index contributed by atoms with van der Waals surface area (Å²) in [6, 6.07) is 13.8. The van der Waals surface area contributed by atoms with Crippen molar-refractivity contribution in [1.82, 2.24) is 9.80 Å². The minimum Gasteiger partial charge on any atom is -0.451 e. The molecule has 4 rings (SSSR count). The molecule has 6 nitrogen and oxygen atoms in total. The van der Waals surface area contributed by atoms with Crippen molar-refractivity contribution in [2.24, 2.45) is 0 Å². The molecular formula is C22H19FN2O4. The Balaban J connectivity index is 1.40. The molecule has 0 spiro atoms. The van der Waals surface area contributed by atoms with E-state index in [0.29, 0.717) is 37.1 Å². The van der Waals surface area contributed by atoms with Gasteiger partial charge in [-0.3, -0.25) is 14.4 Å². The van der Waals surface area contributed by atoms with E-state index in [1.54, 1.807) is 46.2 Å². The van der Waals surface area contributed by atoms with Crippen molar-refractivity contribution >= 4 is 22.8 Å². The van der Waals surface area contributed by atoms with Crippen LogP contribution in [0.4, 0.5) is 4.39 Å². The number of hydrogen-bond acceptors (Lipinski definition) is 4. The van der Waals surface area contributed by atoms with Gasteiger partial charge < -0.3 is 14.2 Å². The lowest BCUT2D eigenvalue weighted by Gasteiger charge is -2.34. The van der Waals surface area contributed by atoms with Crippen LogP contribution in [0.25, 0.3) is 11.0 Å². The second kappa shape index (κ2) is 7.87. The average molecular weight is 394 g/mol. The highest BCUT2D eigenvalue weighted by atomic mass is 19.1. The van der Waals surface area contributed by atoms with Crippen molar-refractivity contribution in [1.29, 1.82) is 0 Å². The number of rotatable bonds is 3. The molecule has 2 amide bonds. The lowest BCUT2D eigenvalue weighted by Crippen LogP contribution is -2.51. The Hall–Kier alpha value is -3.48. The molecular weight excluding hydrogens is 375 g/mol. The van der Waals surface area contributed by atoms with Crippen LogP contribution in [-0.2, 0) is 11.2 Å². The van der Waals surface area contributed by atoms with Gasteiger partial charge in [-0.2, -0.15) is 0 Å². The maximum absolute atomic E-state index is 13.0. The van der Waals surface area contributed by atoms with Crippen molar-refractivity contribution in [2.45, 2.75) is 6.42 Å². The monoisotopic (exact) mass is 394 g/mol. The molecule has 0 atom stereocenters. The quantitative estimate of drug-likeness (QED) is 0.684. The van der Waals surface area contributed by atoms with Crippen LogP contribution in [0.2, 0.25) is 0 Å². The van der Waals surface area contributed by atoms with Gasteiger partial charge in [-0.25, -0.2) is 4.39 Å². The summed E-state index contributed by atoms with van der Waals surface area (Å²) in [5.41, 5.74) is 0.854. The van der Waals surface area contributed by atoms with Crippen molar-refractivity contribution in [2.75, 3.05) is 26.2 Å². The van der Waals surface area contributed by atoms with E-state index in [1.807, 2.05) is 0 Å². The molecule has 7 heteroatoms. The number of para-hydroxylation sites is 1. The highest BCUT2D eigenvalue weighted by Gasteiger charge is 2.26. The number of piperazine rings is 1. The zero-order chi connectivity index (χ0) is 20.4. The Labute approximate surface area is 166 Å². The van der Waals surface area contributed by atoms with E-state index in [-0.39, 0.29) is 35.2 Å². The van der Waals surface area contributed by atoms with E-state index >= 15 is 0 Å². The largest absolute Gasteiger partial charge is 0.451 e. The molecule has 0 saturated carbocycles. The zero-order valence-corrected chi connectivity index (χ0v) is 15.6. The summed E-state index contributed by atoms with van der Waals surface area (Å²) in [5, 5.41) is 0.431. The lowest BCUT2D eigenvalue weighted by atomic mass is 10.1. The predicted octanol–water partition coefficient (Wildman–Crippen LogP) is 2.46. The Bertz CT molecular complexity index is 1120. The van der Waals surface area contributed by atoms with Crippen LogP contribution >= 0.6 is 0 Å². The van der Waals surface area contributed by atoms with Gasteiger partial charge in [-0.05, 0) is 29.8 Å². The van der Waals surface area contributed by atoms with E-state index < -0.39 is 0 Å². The highest BCUT2D eigenvalue weighted by Crippen LogP contribution is 2.15. The molecule has 1 fully saturated rings. The minimum atomic E-state index is -0.363. The van der Waals surface area contributed by atoms with Crippen LogP contribution in [-0.4, -0.2) is 47.8 Å². The number of hydrogen-bond donors (Lipinski definition) is 0. The SMILES string of the molecule is O=C(Cc1ccc(F)cc1)N1CCN(C(=O)c2cc(=O)c3ccccc3o2)CC1. The zero-order valence-electron chi connectivity index (χ0n) is 15.6. The molecule has 3 aromatic rings. The van der Waals surface area contributed by atoms with Gasteiger partial charge in [-0.15, -0.1) is 0 Å². The van der Waals surface area contributed by atoms with Gasteiger partial charge in [0.15, 0.2) is 11.2 Å². The van der Waals surface area contributed by atoms with Crippen molar-refractivity contribution < 1.29 is 18.4 Å². The first-order chi connectivity index (χ1) is 14.0. The first kappa shape index (κ1) is 18.9. The van der Waals surface area contributed by atoms with Gasteiger partial charge in [0.05, 0.1) is 11.8 Å². The smallest absolute Gasteiger partial charge is 0.289 e. The third kappa shape index (κ3) is 4.03. The van der Waals surface area contributed by atoms with Crippen molar-refractivity contribution in [3.63, 3.8) is 0 Å². The second-order valence-electron chi connectivity index (χ2n) is 6.95. The lowest BCUT2D eigenvalue weighted by molar-refractivity contribution is -0.131. The number of benzene rings is 2. The fourth-order valence-corrected chi connectivity index (χ4v) is 3.41. The normalized spacial score (nSPS) is 14.2. The molecule has 2 aromatic carbocycles. The predicted molar refractivity (Wildman–Crippen MR) is 105 cm³/mol. The molecule has 1 saturated heterocycles. The third-order valence-corrected chi connectivity index (χ3v) is 5.03. The van der Waals surface area contributed by atoms with E-state index in [1.165, 1.54) is 18.2 Å². The maximum atomic E-state index is 13.0. The van der Waals surface area contributed by atoms with Crippen LogP contribution in [0.1, 0.15) is 16.1 Å². The van der Waals surface area contributed by atoms with E-state index in [4.69, 9.17) is 4.42 Å². The van der Waals surface area contributed by atoms with Crippen LogP contribution in [0, 0.1) is 5.82 Å². The Morgan fingerprint density at radius 1 is 0.931 bits per heavy atom. The maximum Gasteiger partial charge on any atom is 0.289 e. The number of halogens is 1. The molecule has 0 aliphatic carbocycles. The number of amides is 2. The number of fused-ring (bicyclic) bond motifs is 1. The summed E-state index contributed by atoms with van der Waals surface area (Å²) < 4.78 is 18.6. The first-order valence-electron chi connectivity index (χ1n) is 9.35. The molecule has 1 aliphatic rings. The molecule has 29 heavy (non-hydrogen) atoms. The number of carbonyl (C=O) groups is 2. The van der Waals surface area contributed by atoms with Gasteiger partial charge in [0.25, 0.3) is 5.91 Å². The molecule has 148 valence electrons. The van der Waals surface area contributed by atoms with E-state index in [0.717, 1.165) is 5.56 Å². The molecule has 0 radical (unpaired) electrons. The molecule has 1 aromatic heterocycles. The second-order valence-corrected chi connectivity index (χ2v) is 6.95. The minimum absolute atomic E-state index is 0.000196. The third-order valence-electron chi connectivity index (χ3n) is 5.03. The summed E-state index contributed by atoms with van der Waals surface area (Å²) in [7, 11) is 0. The molecule has 0 N–H and O–H groups in total. The summed E-state index contributed by atoms with van der Waals surface area (Å²) in [5.74, 6) is -0.770. The average Bonchev–Trinajstić information content (AvgIpc) is 2.75. The highest BCUT2D eigenvalue weighted by molar-refractivity contribution is 5.93. The van der Waals surface area contributed by atoms with Gasteiger partial charge >= 0.3 is 0 Å². The fraction of sp³-hybridized carbons (Fsp3) is 0.227. The molecule has 1 aliphatic heterocycles. The summed E-state index contributed by atoms with van der Waals surface area (Å²) >= 11 is 0. The van der Waals surface area contributed by atoms with Gasteiger partial charge in [0, 0.05) is 32.2 Å². The Kier molecular flexibility index (Phi) is 5.12. The Morgan fingerprint density at radius 3 is 2.31 bits per heavy atom. The first-order valence-corrected chi connectivity index (χ1v) is 9.35. The van der Waals surface area contributed by atoms with Crippen LogP contribution in [0.15, 0.2) is 63.8 Å². The van der Waals surface area contributed by atoms with Crippen molar-refractivity contribution in [3.8, 4) is 0 Å². The molecule has 2 heterocycles. The number of nitrogens with zero attached hydrogens (tertiary/aromatic N) is 2. The van der Waals surface area contributed by atoms with Gasteiger partial charge in [0.2, 0.25) is 5.91 Å². The summed E-state index contributed by atoms with van der Waals surface area (Å²) in [4.78, 5) is 40.7. The number of carbonyl (C=O) groups excluding carboxylic acids is 2. The van der Waals surface area contributed by atoms with Crippen LogP contribution in [0.3, 0.4) is 0 Å². The standard InChI is InChI=1S/C22H19FN2O4/c23-16-7-5-15(6-8-16)13-21(27)24-9-11-25(12-10-24)22(28)20-14-18(26)17-3-1-2-4-19(17)29-20/h1-8,14H,9-13H2. The Morgan fingerprint density at radius 2 is 1.59 bits per heavy atom. The van der Waals surface area contributed by atoms with Crippen LogP contribution in [0.5, 0.6) is 0 Å². The topological polar surface area (TPSA) is 70.8 Å². The van der Waals surface area contributed by atoms with Crippen molar-refractivity contribution in [3.05, 3.63) is 82.0 Å². The van der Waals surface area contributed by atoms with E-state index in [2.05, 4.69) is 0 Å². The van der Waals surface area contributed by atoms with Gasteiger partial charge in [-0.1, -0.05) is 24.3 Å². The molecule has 0 unspecified atom stereocenters. The molecule has 0 bridgehead atoms. The summed E-state index contributed by atoms with van der Waals surface area (Å²) in [6.45, 7) is 1.49. The van der Waals surface area contributed by atoms with Crippen LogP contribution < -0.4 is 5.43 Å². The van der Waals surface area contributed by atoms with Gasteiger partial charge in [0.1, 0.15) is 11.4 Å². The fourth-order valence-electron chi connectivity index (χ4n) is 3.41.